The third-order valence-corrected chi connectivity index (χ3v) is 3.05. The minimum absolute atomic E-state index is 0.127. The molecule has 2 rings (SSSR count). The second-order valence-electron chi connectivity index (χ2n) is 4.20. The molecule has 0 spiro atoms. The van der Waals surface area contributed by atoms with Crippen molar-refractivity contribution in [1.82, 2.24) is 4.57 Å². The van der Waals surface area contributed by atoms with Crippen molar-refractivity contribution >= 4 is 16.9 Å². The monoisotopic (exact) mass is 263 g/mol. The Kier molecular flexibility index (Phi) is 3.76. The number of aromatic nitrogens is 1. The summed E-state index contributed by atoms with van der Waals surface area (Å²) in [6, 6.07) is 5.02. The van der Waals surface area contributed by atoms with Crippen LogP contribution in [-0.4, -0.2) is 27.4 Å². The van der Waals surface area contributed by atoms with Crippen LogP contribution in [0.1, 0.15) is 25.5 Å². The first kappa shape index (κ1) is 13.4. The molecule has 19 heavy (non-hydrogen) atoms. The largest absolute Gasteiger partial charge is 0.506 e. The van der Waals surface area contributed by atoms with Gasteiger partial charge in [-0.1, -0.05) is 12.1 Å². The Morgan fingerprint density at radius 1 is 1.42 bits per heavy atom. The zero-order chi connectivity index (χ0) is 14.0. The maximum absolute atomic E-state index is 11.6. The fraction of sp³-hybridized carbons (Fsp3) is 0.357. The molecule has 2 aromatic rings. The first-order valence-corrected chi connectivity index (χ1v) is 6.25. The van der Waals surface area contributed by atoms with Crippen molar-refractivity contribution in [3.05, 3.63) is 30.0 Å². The van der Waals surface area contributed by atoms with Crippen molar-refractivity contribution in [2.24, 2.45) is 0 Å². The number of phenolic OH excluding ortho intramolecular Hbond substituents is 1. The van der Waals surface area contributed by atoms with E-state index >= 15 is 0 Å². The Hall–Kier alpha value is -2.01. The molecule has 102 valence electrons. The number of rotatable bonds is 4. The van der Waals surface area contributed by atoms with Crippen LogP contribution < -0.4 is 0 Å². The number of aliphatic hydroxyl groups excluding tert-OH is 1. The van der Waals surface area contributed by atoms with Crippen LogP contribution in [-0.2, 0) is 16.1 Å². The van der Waals surface area contributed by atoms with Gasteiger partial charge in [0.2, 0.25) is 0 Å². The number of carbonyl (C=O) groups is 1. The van der Waals surface area contributed by atoms with Crippen LogP contribution in [0.2, 0.25) is 0 Å². The molecule has 1 atom stereocenters. The average Bonchev–Trinajstić information content (AvgIpc) is 2.78. The summed E-state index contributed by atoms with van der Waals surface area (Å²) < 4.78 is 6.61. The zero-order valence-corrected chi connectivity index (χ0v) is 11.0. The van der Waals surface area contributed by atoms with Crippen molar-refractivity contribution in [3.8, 4) is 5.75 Å². The number of ether oxygens (including phenoxy) is 1. The smallest absolute Gasteiger partial charge is 0.339 e. The predicted molar refractivity (Wildman–Crippen MR) is 70.9 cm³/mol. The molecule has 0 bridgehead atoms. The molecular formula is C14H17NO4. The highest BCUT2D eigenvalue weighted by molar-refractivity contribution is 5.92. The number of para-hydroxylation sites is 1. The molecule has 0 fully saturated rings. The molecule has 1 aromatic carbocycles. The Morgan fingerprint density at radius 2 is 2.16 bits per heavy atom. The second kappa shape index (κ2) is 5.32. The number of nitrogens with zero attached hydrogens (tertiary/aromatic N) is 1. The Bertz CT molecular complexity index is 603. The molecule has 1 heterocycles. The number of aromatic hydroxyl groups is 1. The van der Waals surface area contributed by atoms with E-state index in [1.165, 1.54) is 0 Å². The molecule has 1 aromatic heterocycles. The fourth-order valence-electron chi connectivity index (χ4n) is 2.18. The lowest BCUT2D eigenvalue weighted by Gasteiger charge is -2.08. The summed E-state index contributed by atoms with van der Waals surface area (Å²) in [5.74, 6) is -0.553. The lowest BCUT2D eigenvalue weighted by molar-refractivity contribution is -0.153. The number of hydrogen-bond donors (Lipinski definition) is 2. The van der Waals surface area contributed by atoms with Gasteiger partial charge in [0.1, 0.15) is 5.75 Å². The van der Waals surface area contributed by atoms with Gasteiger partial charge in [0.05, 0.1) is 12.1 Å². The van der Waals surface area contributed by atoms with Crippen LogP contribution in [0, 0.1) is 0 Å². The van der Waals surface area contributed by atoms with Crippen LogP contribution >= 0.6 is 0 Å². The first-order valence-electron chi connectivity index (χ1n) is 6.25. The number of aliphatic hydroxyl groups is 1. The van der Waals surface area contributed by atoms with Crippen molar-refractivity contribution in [2.75, 3.05) is 6.61 Å². The van der Waals surface area contributed by atoms with Crippen LogP contribution in [0.3, 0.4) is 0 Å². The van der Waals surface area contributed by atoms with Crippen LogP contribution in [0.15, 0.2) is 24.4 Å². The summed E-state index contributed by atoms with van der Waals surface area (Å²) in [5, 5.41) is 20.6. The fourth-order valence-corrected chi connectivity index (χ4v) is 2.18. The van der Waals surface area contributed by atoms with Crippen LogP contribution in [0.5, 0.6) is 5.75 Å². The second-order valence-corrected chi connectivity index (χ2v) is 4.20. The maximum Gasteiger partial charge on any atom is 0.339 e. The SMILES string of the molecule is CCOC(=O)C(O)c1cn(CC)c2c(O)cccc12. The van der Waals surface area contributed by atoms with E-state index in [0.717, 1.165) is 0 Å². The van der Waals surface area contributed by atoms with Gasteiger partial charge in [-0.2, -0.15) is 0 Å². The number of esters is 1. The number of hydrogen-bond acceptors (Lipinski definition) is 4. The minimum atomic E-state index is -1.34. The maximum atomic E-state index is 11.6. The predicted octanol–water partition coefficient (Wildman–Crippen LogP) is 1.96. The van der Waals surface area contributed by atoms with E-state index in [2.05, 4.69) is 0 Å². The van der Waals surface area contributed by atoms with Gasteiger partial charge >= 0.3 is 5.97 Å². The number of aryl methyl sites for hydroxylation is 1. The number of carbonyl (C=O) groups excluding carboxylic acids is 1. The highest BCUT2D eigenvalue weighted by Crippen LogP contribution is 2.32. The van der Waals surface area contributed by atoms with E-state index in [4.69, 9.17) is 4.74 Å². The molecule has 5 heteroatoms. The molecule has 0 aliphatic rings. The van der Waals surface area contributed by atoms with E-state index in [-0.39, 0.29) is 12.4 Å². The van der Waals surface area contributed by atoms with E-state index < -0.39 is 12.1 Å². The summed E-state index contributed by atoms with van der Waals surface area (Å²) in [5.41, 5.74) is 1.06. The highest BCUT2D eigenvalue weighted by atomic mass is 16.5. The lowest BCUT2D eigenvalue weighted by Crippen LogP contribution is -2.15. The zero-order valence-electron chi connectivity index (χ0n) is 11.0. The van der Waals surface area contributed by atoms with Crippen LogP contribution in [0.4, 0.5) is 0 Å². The van der Waals surface area contributed by atoms with Crippen LogP contribution in [0.25, 0.3) is 10.9 Å². The topological polar surface area (TPSA) is 71.7 Å². The summed E-state index contributed by atoms with van der Waals surface area (Å²) >= 11 is 0. The molecule has 0 aliphatic heterocycles. The molecule has 0 saturated heterocycles. The van der Waals surface area contributed by atoms with Crippen molar-refractivity contribution in [3.63, 3.8) is 0 Å². The van der Waals surface area contributed by atoms with Gasteiger partial charge in [-0.15, -0.1) is 0 Å². The van der Waals surface area contributed by atoms with Gasteiger partial charge in [0, 0.05) is 23.7 Å². The van der Waals surface area contributed by atoms with Gasteiger partial charge in [0.25, 0.3) is 0 Å². The Labute approximate surface area is 111 Å². The van der Waals surface area contributed by atoms with E-state index in [1.54, 1.807) is 35.9 Å². The number of fused-ring (bicyclic) bond motifs is 1. The Balaban J connectivity index is 2.55. The van der Waals surface area contributed by atoms with Crippen molar-refractivity contribution in [2.45, 2.75) is 26.5 Å². The standard InChI is InChI=1S/C14H17NO4/c1-3-15-8-10(13(17)14(18)19-4-2)9-6-5-7-11(16)12(9)15/h5-8,13,16-17H,3-4H2,1-2H3. The molecule has 2 N–H and O–H groups in total. The number of phenols is 1. The minimum Gasteiger partial charge on any atom is -0.506 e. The summed E-state index contributed by atoms with van der Waals surface area (Å²) in [7, 11) is 0. The molecule has 5 nitrogen and oxygen atoms in total. The van der Waals surface area contributed by atoms with Crippen molar-refractivity contribution < 1.29 is 19.7 Å². The average molecular weight is 263 g/mol. The summed E-state index contributed by atoms with van der Waals surface area (Å²) in [4.78, 5) is 11.6. The van der Waals surface area contributed by atoms with Gasteiger partial charge < -0.3 is 19.5 Å². The van der Waals surface area contributed by atoms with Crippen molar-refractivity contribution in [1.29, 1.82) is 0 Å². The third-order valence-electron chi connectivity index (χ3n) is 3.05. The summed E-state index contributed by atoms with van der Waals surface area (Å²) in [6.45, 7) is 4.45. The molecule has 0 aliphatic carbocycles. The van der Waals surface area contributed by atoms with Gasteiger partial charge in [-0.3, -0.25) is 0 Å². The lowest BCUT2D eigenvalue weighted by atomic mass is 10.1. The molecular weight excluding hydrogens is 246 g/mol. The molecule has 0 saturated carbocycles. The van der Waals surface area contributed by atoms with Gasteiger partial charge in [0.15, 0.2) is 6.10 Å². The quantitative estimate of drug-likeness (QED) is 0.827. The van der Waals surface area contributed by atoms with E-state index in [0.29, 0.717) is 23.0 Å². The Morgan fingerprint density at radius 3 is 2.79 bits per heavy atom. The van der Waals surface area contributed by atoms with Gasteiger partial charge in [-0.25, -0.2) is 4.79 Å². The van der Waals surface area contributed by atoms with Gasteiger partial charge in [-0.05, 0) is 19.9 Å². The van der Waals surface area contributed by atoms with E-state index in [1.807, 2.05) is 6.92 Å². The third kappa shape index (κ3) is 2.29. The molecule has 0 amide bonds. The normalized spacial score (nSPS) is 12.6. The first-order chi connectivity index (χ1) is 9.10. The molecule has 1 unspecified atom stereocenters. The summed E-state index contributed by atoms with van der Waals surface area (Å²) in [6.07, 6.45) is 0.337. The molecule has 0 radical (unpaired) electrons. The number of benzene rings is 1. The highest BCUT2D eigenvalue weighted by Gasteiger charge is 2.24. The van der Waals surface area contributed by atoms with E-state index in [9.17, 15) is 15.0 Å².